The molecule has 0 aliphatic rings. The zero-order valence-electron chi connectivity index (χ0n) is 10.1. The van der Waals surface area contributed by atoms with Crippen LogP contribution in [0.15, 0.2) is 39.5 Å². The van der Waals surface area contributed by atoms with Gasteiger partial charge in [0.2, 0.25) is 0 Å². The van der Waals surface area contributed by atoms with Gasteiger partial charge in [0.25, 0.3) is 0 Å². The Balaban J connectivity index is 2.26. The predicted octanol–water partition coefficient (Wildman–Crippen LogP) is 2.96. The number of anilines is 1. The van der Waals surface area contributed by atoms with Crippen LogP contribution in [0, 0.1) is 0 Å². The third-order valence-electron chi connectivity index (χ3n) is 2.69. The fourth-order valence-electron chi connectivity index (χ4n) is 1.80. The highest BCUT2D eigenvalue weighted by atomic mass is 79.9. The zero-order chi connectivity index (χ0) is 13.0. The Morgan fingerprint density at radius 2 is 2.33 bits per heavy atom. The molecule has 5 heteroatoms. The average molecular weight is 311 g/mol. The third kappa shape index (κ3) is 2.91. The van der Waals surface area contributed by atoms with Crippen LogP contribution < -0.4 is 4.90 Å². The van der Waals surface area contributed by atoms with Gasteiger partial charge in [-0.15, -0.1) is 0 Å². The van der Waals surface area contributed by atoms with Crippen molar-refractivity contribution < 1.29 is 9.52 Å². The quantitative estimate of drug-likeness (QED) is 0.922. The fourth-order valence-corrected chi connectivity index (χ4v) is 2.18. The molecule has 18 heavy (non-hydrogen) atoms. The first-order valence-electron chi connectivity index (χ1n) is 5.77. The van der Waals surface area contributed by atoms with Crippen molar-refractivity contribution in [1.29, 1.82) is 0 Å². The summed E-state index contributed by atoms with van der Waals surface area (Å²) in [5, 5.41) is 9.40. The number of aliphatic hydroxyl groups excluding tert-OH is 1. The van der Waals surface area contributed by atoms with E-state index in [1.54, 1.807) is 12.5 Å². The molecule has 2 aromatic heterocycles. The van der Waals surface area contributed by atoms with Crippen molar-refractivity contribution in [2.75, 3.05) is 11.4 Å². The monoisotopic (exact) mass is 310 g/mol. The van der Waals surface area contributed by atoms with E-state index < -0.39 is 0 Å². The Kier molecular flexibility index (Phi) is 4.38. The molecule has 4 nitrogen and oxygen atoms in total. The van der Waals surface area contributed by atoms with Crippen molar-refractivity contribution in [3.05, 3.63) is 46.5 Å². The van der Waals surface area contributed by atoms with Crippen molar-refractivity contribution in [3.8, 4) is 0 Å². The summed E-state index contributed by atoms with van der Waals surface area (Å²) in [4.78, 5) is 6.44. The number of pyridine rings is 1. The topological polar surface area (TPSA) is 49.5 Å². The number of hydrogen-bond acceptors (Lipinski definition) is 4. The Hall–Kier alpha value is -1.33. The molecule has 0 spiro atoms. The standard InChI is InChI=1S/C13H15BrN2O2/c1-2-16(8-12-4-3-5-18-12)13-10(9-17)6-11(14)7-15-13/h3-7,17H,2,8-9H2,1H3. The van der Waals surface area contributed by atoms with Crippen LogP contribution in [-0.2, 0) is 13.2 Å². The van der Waals surface area contributed by atoms with Crippen LogP contribution in [0.3, 0.4) is 0 Å². The zero-order valence-corrected chi connectivity index (χ0v) is 11.7. The van der Waals surface area contributed by atoms with Crippen LogP contribution in [0.2, 0.25) is 0 Å². The van der Waals surface area contributed by atoms with E-state index in [1.807, 2.05) is 25.1 Å². The van der Waals surface area contributed by atoms with Gasteiger partial charge in [0.1, 0.15) is 11.6 Å². The third-order valence-corrected chi connectivity index (χ3v) is 3.12. The maximum absolute atomic E-state index is 9.40. The molecule has 2 aromatic rings. The van der Waals surface area contributed by atoms with Gasteiger partial charge in [0, 0.05) is 22.8 Å². The summed E-state index contributed by atoms with van der Waals surface area (Å²) in [5.41, 5.74) is 0.804. The number of aliphatic hydroxyl groups is 1. The Morgan fingerprint density at radius 3 is 2.94 bits per heavy atom. The minimum Gasteiger partial charge on any atom is -0.467 e. The maximum atomic E-state index is 9.40. The lowest BCUT2D eigenvalue weighted by Gasteiger charge is -2.23. The Morgan fingerprint density at radius 1 is 1.50 bits per heavy atom. The molecule has 0 aromatic carbocycles. The maximum Gasteiger partial charge on any atom is 0.134 e. The van der Waals surface area contributed by atoms with Gasteiger partial charge in [-0.25, -0.2) is 4.98 Å². The molecule has 0 saturated carbocycles. The van der Waals surface area contributed by atoms with E-state index in [0.717, 1.165) is 28.2 Å². The number of rotatable bonds is 5. The highest BCUT2D eigenvalue weighted by Gasteiger charge is 2.13. The van der Waals surface area contributed by atoms with Crippen LogP contribution in [-0.4, -0.2) is 16.6 Å². The fraction of sp³-hybridized carbons (Fsp3) is 0.308. The second-order valence-electron chi connectivity index (χ2n) is 3.89. The first kappa shape index (κ1) is 13.1. The van der Waals surface area contributed by atoms with E-state index in [9.17, 15) is 5.11 Å². The number of furan rings is 1. The normalized spacial score (nSPS) is 10.6. The number of halogens is 1. The molecule has 1 N–H and O–H groups in total. The second kappa shape index (κ2) is 6.02. The molecule has 0 unspecified atom stereocenters. The molecule has 0 amide bonds. The number of aromatic nitrogens is 1. The molecule has 0 bridgehead atoms. The average Bonchev–Trinajstić information content (AvgIpc) is 2.89. The van der Waals surface area contributed by atoms with Gasteiger partial charge in [-0.2, -0.15) is 0 Å². The first-order chi connectivity index (χ1) is 8.74. The second-order valence-corrected chi connectivity index (χ2v) is 4.80. The summed E-state index contributed by atoms with van der Waals surface area (Å²) in [6, 6.07) is 5.68. The van der Waals surface area contributed by atoms with E-state index in [-0.39, 0.29) is 6.61 Å². The molecule has 2 heterocycles. The molecule has 96 valence electrons. The van der Waals surface area contributed by atoms with Gasteiger partial charge in [-0.1, -0.05) is 0 Å². The van der Waals surface area contributed by atoms with Gasteiger partial charge < -0.3 is 14.4 Å². The molecule has 0 aliphatic heterocycles. The lowest BCUT2D eigenvalue weighted by molar-refractivity contribution is 0.281. The number of hydrogen-bond donors (Lipinski definition) is 1. The van der Waals surface area contributed by atoms with Crippen molar-refractivity contribution in [1.82, 2.24) is 4.98 Å². The summed E-state index contributed by atoms with van der Waals surface area (Å²) < 4.78 is 6.21. The van der Waals surface area contributed by atoms with Crippen molar-refractivity contribution >= 4 is 21.7 Å². The van der Waals surface area contributed by atoms with Crippen LogP contribution in [0.25, 0.3) is 0 Å². The van der Waals surface area contributed by atoms with Gasteiger partial charge in [0.15, 0.2) is 0 Å². The lowest BCUT2D eigenvalue weighted by Crippen LogP contribution is -2.24. The van der Waals surface area contributed by atoms with Gasteiger partial charge in [-0.05, 0) is 41.1 Å². The molecule has 0 atom stereocenters. The molecule has 0 radical (unpaired) electrons. The molecule has 2 rings (SSSR count). The van der Waals surface area contributed by atoms with E-state index >= 15 is 0 Å². The minimum atomic E-state index is -0.0313. The van der Waals surface area contributed by atoms with Crippen LogP contribution in [0.1, 0.15) is 18.2 Å². The van der Waals surface area contributed by atoms with Crippen LogP contribution in [0.4, 0.5) is 5.82 Å². The Bertz CT molecular complexity index is 500. The molecular formula is C13H15BrN2O2. The summed E-state index contributed by atoms with van der Waals surface area (Å²) in [6.07, 6.45) is 3.39. The number of nitrogens with zero attached hydrogens (tertiary/aromatic N) is 2. The predicted molar refractivity (Wildman–Crippen MR) is 73.3 cm³/mol. The smallest absolute Gasteiger partial charge is 0.134 e. The highest BCUT2D eigenvalue weighted by molar-refractivity contribution is 9.10. The van der Waals surface area contributed by atoms with E-state index in [4.69, 9.17) is 4.42 Å². The van der Waals surface area contributed by atoms with Crippen molar-refractivity contribution in [3.63, 3.8) is 0 Å². The SMILES string of the molecule is CCN(Cc1ccco1)c1ncc(Br)cc1CO. The van der Waals surface area contributed by atoms with Crippen LogP contribution >= 0.6 is 15.9 Å². The van der Waals surface area contributed by atoms with Gasteiger partial charge in [-0.3, -0.25) is 0 Å². The molecule has 0 saturated heterocycles. The lowest BCUT2D eigenvalue weighted by atomic mass is 10.2. The Labute approximate surface area is 114 Å². The highest BCUT2D eigenvalue weighted by Crippen LogP contribution is 2.23. The summed E-state index contributed by atoms with van der Waals surface area (Å²) in [5.74, 6) is 1.67. The van der Waals surface area contributed by atoms with E-state index in [0.29, 0.717) is 6.54 Å². The van der Waals surface area contributed by atoms with E-state index in [2.05, 4.69) is 25.8 Å². The molecular weight excluding hydrogens is 296 g/mol. The minimum absolute atomic E-state index is 0.0313. The first-order valence-corrected chi connectivity index (χ1v) is 6.56. The van der Waals surface area contributed by atoms with Gasteiger partial charge in [0.05, 0.1) is 19.4 Å². The summed E-state index contributed by atoms with van der Waals surface area (Å²) in [6.45, 7) is 3.46. The summed E-state index contributed by atoms with van der Waals surface area (Å²) in [7, 11) is 0. The van der Waals surface area contributed by atoms with E-state index in [1.165, 1.54) is 0 Å². The van der Waals surface area contributed by atoms with Gasteiger partial charge >= 0.3 is 0 Å². The largest absolute Gasteiger partial charge is 0.467 e. The van der Waals surface area contributed by atoms with Crippen molar-refractivity contribution in [2.24, 2.45) is 0 Å². The van der Waals surface area contributed by atoms with Crippen LogP contribution in [0.5, 0.6) is 0 Å². The molecule has 0 fully saturated rings. The van der Waals surface area contributed by atoms with Crippen molar-refractivity contribution in [2.45, 2.75) is 20.1 Å². The molecule has 0 aliphatic carbocycles. The summed E-state index contributed by atoms with van der Waals surface area (Å²) >= 11 is 3.36.